The third-order valence-electron chi connectivity index (χ3n) is 6.74. The molecule has 2 aliphatic carbocycles. The van der Waals surface area contributed by atoms with E-state index in [4.69, 9.17) is 0 Å². The molecule has 4 N–H and O–H groups in total. The van der Waals surface area contributed by atoms with Crippen LogP contribution in [0.4, 0.5) is 0 Å². The smallest absolute Gasteiger partial charge is 0.198 e. The first kappa shape index (κ1) is 21.4. The van der Waals surface area contributed by atoms with Crippen molar-refractivity contribution >= 4 is 22.9 Å². The molecule has 0 amide bonds. The summed E-state index contributed by atoms with van der Waals surface area (Å²) in [5.74, 6) is -4.13. The Morgan fingerprint density at radius 1 is 0.472 bits per heavy atom. The summed E-state index contributed by atoms with van der Waals surface area (Å²) in [5, 5.41) is 44.0. The molecule has 0 saturated carbocycles. The standard InChI is InChI=1S/C29H16O7/c1-12-13-6-2-3-7-14(13)26(33)23-21(12)19(30)10-17(28(23)35)18-11-20(31)22-24(29(18)36)27(34)16-9-5-4-8-15(16)25(22)32/h2-11,30-31,35-36H,1H2. The SMILES string of the molecule is C=C1c2ccccc2C(=O)c2c(O)c(-c3cc(O)c4c(c3O)C(=O)c3ccccc3C4=O)cc(O)c21. The van der Waals surface area contributed by atoms with E-state index in [1.54, 1.807) is 36.4 Å². The Morgan fingerprint density at radius 3 is 1.33 bits per heavy atom. The molecule has 0 saturated heterocycles. The average Bonchev–Trinajstić information content (AvgIpc) is 2.88. The highest BCUT2D eigenvalue weighted by atomic mass is 16.3. The molecule has 0 spiro atoms. The van der Waals surface area contributed by atoms with Crippen molar-refractivity contribution in [1.82, 2.24) is 0 Å². The van der Waals surface area contributed by atoms with Crippen molar-refractivity contribution in [3.8, 4) is 34.1 Å². The zero-order chi connectivity index (χ0) is 25.5. The monoisotopic (exact) mass is 476 g/mol. The van der Waals surface area contributed by atoms with E-state index in [1.165, 1.54) is 12.1 Å². The van der Waals surface area contributed by atoms with Crippen LogP contribution in [0, 0.1) is 0 Å². The van der Waals surface area contributed by atoms with Crippen LogP contribution in [0.1, 0.15) is 58.9 Å². The van der Waals surface area contributed by atoms with Gasteiger partial charge in [0, 0.05) is 33.4 Å². The fourth-order valence-electron chi connectivity index (χ4n) is 5.07. The molecule has 0 heterocycles. The highest BCUT2D eigenvalue weighted by molar-refractivity contribution is 6.31. The summed E-state index contributed by atoms with van der Waals surface area (Å²) >= 11 is 0. The third-order valence-corrected chi connectivity index (χ3v) is 6.74. The number of fused-ring (bicyclic) bond motifs is 4. The second kappa shape index (κ2) is 7.16. The molecule has 0 radical (unpaired) electrons. The largest absolute Gasteiger partial charge is 0.507 e. The van der Waals surface area contributed by atoms with E-state index in [0.29, 0.717) is 11.1 Å². The van der Waals surface area contributed by atoms with Crippen LogP contribution in [0.25, 0.3) is 16.7 Å². The molecule has 4 aromatic carbocycles. The molecule has 6 rings (SSSR count). The fraction of sp³-hybridized carbons (Fsp3) is 0. The Hall–Kier alpha value is -5.17. The minimum absolute atomic E-state index is 0.0433. The summed E-state index contributed by atoms with van der Waals surface area (Å²) in [7, 11) is 0. The van der Waals surface area contributed by atoms with E-state index in [0.717, 1.165) is 12.1 Å². The maximum Gasteiger partial charge on any atom is 0.198 e. The van der Waals surface area contributed by atoms with Crippen LogP contribution in [0.3, 0.4) is 0 Å². The van der Waals surface area contributed by atoms with E-state index in [-0.39, 0.29) is 44.5 Å². The van der Waals surface area contributed by atoms with E-state index >= 15 is 0 Å². The van der Waals surface area contributed by atoms with Gasteiger partial charge in [0.2, 0.25) is 0 Å². The molecule has 4 aromatic rings. The first-order valence-corrected chi connectivity index (χ1v) is 10.9. The number of carbonyl (C=O) groups is 3. The number of rotatable bonds is 1. The molecule has 174 valence electrons. The van der Waals surface area contributed by atoms with E-state index < -0.39 is 45.9 Å². The molecule has 0 atom stereocenters. The molecule has 36 heavy (non-hydrogen) atoms. The Bertz CT molecular complexity index is 1610. The molecule has 7 heteroatoms. The highest BCUT2D eigenvalue weighted by Crippen LogP contribution is 2.51. The molecular formula is C29H16O7. The van der Waals surface area contributed by atoms with E-state index in [9.17, 15) is 34.8 Å². The lowest BCUT2D eigenvalue weighted by atomic mass is 9.78. The number of benzene rings is 4. The van der Waals surface area contributed by atoms with Crippen molar-refractivity contribution in [2.75, 3.05) is 0 Å². The van der Waals surface area contributed by atoms with Gasteiger partial charge in [0.25, 0.3) is 0 Å². The summed E-state index contributed by atoms with van der Waals surface area (Å²) in [5.41, 5.74) is -0.148. The highest BCUT2D eigenvalue weighted by Gasteiger charge is 2.38. The number of ketones is 3. The van der Waals surface area contributed by atoms with Crippen LogP contribution in [0.5, 0.6) is 23.0 Å². The van der Waals surface area contributed by atoms with Gasteiger partial charge in [0.15, 0.2) is 17.3 Å². The number of carbonyl (C=O) groups excluding carboxylic acids is 3. The second-order valence-corrected chi connectivity index (χ2v) is 8.64. The predicted molar refractivity (Wildman–Crippen MR) is 130 cm³/mol. The number of hydrogen-bond donors (Lipinski definition) is 4. The Morgan fingerprint density at radius 2 is 0.833 bits per heavy atom. The normalized spacial score (nSPS) is 13.7. The first-order valence-electron chi connectivity index (χ1n) is 10.9. The minimum Gasteiger partial charge on any atom is -0.507 e. The van der Waals surface area contributed by atoms with Crippen molar-refractivity contribution in [2.45, 2.75) is 0 Å². The van der Waals surface area contributed by atoms with Crippen LogP contribution in [0.15, 0.2) is 67.2 Å². The van der Waals surface area contributed by atoms with Gasteiger partial charge >= 0.3 is 0 Å². The summed E-state index contributed by atoms with van der Waals surface area (Å²) < 4.78 is 0. The van der Waals surface area contributed by atoms with Crippen molar-refractivity contribution in [2.24, 2.45) is 0 Å². The predicted octanol–water partition coefficient (Wildman–Crippen LogP) is 4.56. The third kappa shape index (κ3) is 2.59. The summed E-state index contributed by atoms with van der Waals surface area (Å²) in [6.07, 6.45) is 0. The van der Waals surface area contributed by atoms with Gasteiger partial charge in [0.05, 0.1) is 16.7 Å². The Labute approximate surface area is 203 Å². The van der Waals surface area contributed by atoms with Gasteiger partial charge in [0.1, 0.15) is 23.0 Å². The maximum absolute atomic E-state index is 13.3. The zero-order valence-electron chi connectivity index (χ0n) is 18.5. The van der Waals surface area contributed by atoms with Crippen LogP contribution >= 0.6 is 0 Å². The Balaban J connectivity index is 1.62. The molecule has 7 nitrogen and oxygen atoms in total. The van der Waals surface area contributed by atoms with Crippen LogP contribution in [-0.4, -0.2) is 37.8 Å². The fourth-order valence-corrected chi connectivity index (χ4v) is 5.07. The molecule has 0 fully saturated rings. The number of aromatic hydroxyl groups is 4. The van der Waals surface area contributed by atoms with Gasteiger partial charge in [-0.25, -0.2) is 0 Å². The lowest BCUT2D eigenvalue weighted by Crippen LogP contribution is -2.21. The van der Waals surface area contributed by atoms with Crippen molar-refractivity contribution in [3.05, 3.63) is 112 Å². The Kier molecular flexibility index (Phi) is 4.25. The van der Waals surface area contributed by atoms with Crippen molar-refractivity contribution < 1.29 is 34.8 Å². The summed E-state index contributed by atoms with van der Waals surface area (Å²) in [4.78, 5) is 39.5. The van der Waals surface area contributed by atoms with Crippen LogP contribution in [0.2, 0.25) is 0 Å². The van der Waals surface area contributed by atoms with Gasteiger partial charge in [-0.05, 0) is 23.3 Å². The molecule has 0 aromatic heterocycles. The number of phenolic OH excluding ortho intramolecular Hbond substituents is 4. The van der Waals surface area contributed by atoms with Crippen molar-refractivity contribution in [3.63, 3.8) is 0 Å². The lowest BCUT2D eigenvalue weighted by Gasteiger charge is -2.25. The number of hydrogen-bond acceptors (Lipinski definition) is 7. The van der Waals surface area contributed by atoms with Gasteiger partial charge in [-0.15, -0.1) is 0 Å². The quantitative estimate of drug-likeness (QED) is 0.256. The maximum atomic E-state index is 13.3. The van der Waals surface area contributed by atoms with Gasteiger partial charge < -0.3 is 20.4 Å². The van der Waals surface area contributed by atoms with Crippen LogP contribution in [-0.2, 0) is 0 Å². The van der Waals surface area contributed by atoms with Gasteiger partial charge in [-0.1, -0.05) is 55.1 Å². The van der Waals surface area contributed by atoms with E-state index in [2.05, 4.69) is 6.58 Å². The summed E-state index contributed by atoms with van der Waals surface area (Å²) in [6, 6.07) is 14.8. The first-order chi connectivity index (χ1) is 17.2. The van der Waals surface area contributed by atoms with Gasteiger partial charge in [-0.3, -0.25) is 14.4 Å². The second-order valence-electron chi connectivity index (χ2n) is 8.64. The van der Waals surface area contributed by atoms with Crippen LogP contribution < -0.4 is 0 Å². The molecule has 0 aliphatic heterocycles. The van der Waals surface area contributed by atoms with Gasteiger partial charge in [-0.2, -0.15) is 0 Å². The molecule has 0 bridgehead atoms. The molecule has 0 unspecified atom stereocenters. The van der Waals surface area contributed by atoms with Crippen molar-refractivity contribution in [1.29, 1.82) is 0 Å². The average molecular weight is 476 g/mol. The molecule has 2 aliphatic rings. The van der Waals surface area contributed by atoms with E-state index in [1.807, 2.05) is 0 Å². The number of phenols is 4. The topological polar surface area (TPSA) is 132 Å². The minimum atomic E-state index is -0.685. The lowest BCUT2D eigenvalue weighted by molar-refractivity contribution is 0.0974. The molecular weight excluding hydrogens is 460 g/mol. The summed E-state index contributed by atoms with van der Waals surface area (Å²) in [6.45, 7) is 3.97. The zero-order valence-corrected chi connectivity index (χ0v) is 18.5.